The molecule has 0 aliphatic carbocycles. The molecule has 0 saturated heterocycles. The summed E-state index contributed by atoms with van der Waals surface area (Å²) in [4.78, 5) is 27.6. The van der Waals surface area contributed by atoms with Crippen LogP contribution in [0, 0.1) is 13.8 Å². The van der Waals surface area contributed by atoms with Crippen molar-refractivity contribution in [2.45, 2.75) is 24.8 Å². The minimum atomic E-state index is -0.704. The molecule has 0 bridgehead atoms. The van der Waals surface area contributed by atoms with Crippen LogP contribution in [0.15, 0.2) is 47.4 Å². The number of hydrogen-bond donors (Lipinski definition) is 1. The molecule has 0 spiro atoms. The molecule has 0 fully saturated rings. The molecule has 0 radical (unpaired) electrons. The molecule has 1 atom stereocenters. The first-order chi connectivity index (χ1) is 12.5. The first kappa shape index (κ1) is 18.3. The number of thioether (sulfide) groups is 1. The molecule has 26 heavy (non-hydrogen) atoms. The number of benzene rings is 2. The van der Waals surface area contributed by atoms with E-state index in [4.69, 9.17) is 4.74 Å². The van der Waals surface area contributed by atoms with Crippen molar-refractivity contribution in [3.63, 3.8) is 0 Å². The molecule has 0 saturated carbocycles. The predicted octanol–water partition coefficient (Wildman–Crippen LogP) is 2.94. The highest BCUT2D eigenvalue weighted by Crippen LogP contribution is 2.34. The normalized spacial score (nSPS) is 15.8. The number of anilines is 1. The summed E-state index contributed by atoms with van der Waals surface area (Å²) in [6, 6.07) is 13.5. The van der Waals surface area contributed by atoms with Crippen LogP contribution >= 0.6 is 11.8 Å². The van der Waals surface area contributed by atoms with Gasteiger partial charge in [0.1, 0.15) is 5.75 Å². The summed E-state index contributed by atoms with van der Waals surface area (Å²) in [6.45, 7) is 4.31. The smallest absolute Gasteiger partial charge is 0.262 e. The lowest BCUT2D eigenvalue weighted by Crippen LogP contribution is -2.50. The van der Waals surface area contributed by atoms with Crippen molar-refractivity contribution in [2.75, 3.05) is 24.2 Å². The maximum Gasteiger partial charge on any atom is 0.262 e. The van der Waals surface area contributed by atoms with Gasteiger partial charge in [-0.2, -0.15) is 0 Å². The summed E-state index contributed by atoms with van der Waals surface area (Å²) in [7, 11) is 1.56. The second-order valence-corrected chi connectivity index (χ2v) is 7.27. The topological polar surface area (TPSA) is 58.6 Å². The lowest BCUT2D eigenvalue weighted by molar-refractivity contribution is -0.127. The summed E-state index contributed by atoms with van der Waals surface area (Å²) in [5, 5.41) is 2.59. The van der Waals surface area contributed by atoms with Crippen molar-refractivity contribution < 1.29 is 14.3 Å². The minimum absolute atomic E-state index is 0.0420. The first-order valence-corrected chi connectivity index (χ1v) is 9.46. The molecule has 2 aromatic rings. The quantitative estimate of drug-likeness (QED) is 0.841. The van der Waals surface area contributed by atoms with Crippen LogP contribution in [0.4, 0.5) is 5.69 Å². The van der Waals surface area contributed by atoms with Gasteiger partial charge in [-0.1, -0.05) is 29.8 Å². The Morgan fingerprint density at radius 3 is 2.73 bits per heavy atom. The Morgan fingerprint density at radius 1 is 1.23 bits per heavy atom. The average Bonchev–Trinajstić information content (AvgIpc) is 2.65. The fourth-order valence-corrected chi connectivity index (χ4v) is 3.83. The Kier molecular flexibility index (Phi) is 5.52. The highest BCUT2D eigenvalue weighted by Gasteiger charge is 2.33. The van der Waals surface area contributed by atoms with Gasteiger partial charge in [0.2, 0.25) is 5.91 Å². The van der Waals surface area contributed by atoms with Crippen LogP contribution < -0.4 is 15.0 Å². The maximum absolute atomic E-state index is 12.9. The molecule has 5 nitrogen and oxygen atoms in total. The number of para-hydroxylation sites is 2. The summed E-state index contributed by atoms with van der Waals surface area (Å²) in [5.74, 6) is 0.579. The molecule has 1 aliphatic heterocycles. The van der Waals surface area contributed by atoms with E-state index in [0.717, 1.165) is 10.5 Å². The third-order valence-electron chi connectivity index (χ3n) is 4.30. The van der Waals surface area contributed by atoms with Crippen LogP contribution in [0.5, 0.6) is 5.75 Å². The fraction of sp³-hybridized carbons (Fsp3) is 0.300. The van der Waals surface area contributed by atoms with Gasteiger partial charge in [-0.25, -0.2) is 0 Å². The van der Waals surface area contributed by atoms with Crippen LogP contribution in [0.2, 0.25) is 0 Å². The lowest BCUT2D eigenvalue weighted by Gasteiger charge is -2.34. The lowest BCUT2D eigenvalue weighted by atomic mass is 10.2. The van der Waals surface area contributed by atoms with Crippen molar-refractivity contribution in [3.8, 4) is 5.75 Å². The zero-order valence-corrected chi connectivity index (χ0v) is 15.9. The molecule has 0 aromatic heterocycles. The Bertz CT molecular complexity index is 838. The van der Waals surface area contributed by atoms with Gasteiger partial charge in [-0.3, -0.25) is 9.59 Å². The number of rotatable bonds is 4. The van der Waals surface area contributed by atoms with Gasteiger partial charge in [0, 0.05) is 11.9 Å². The Morgan fingerprint density at radius 2 is 2.00 bits per heavy atom. The van der Waals surface area contributed by atoms with Crippen LogP contribution in [0.25, 0.3) is 0 Å². The average molecular weight is 370 g/mol. The van der Waals surface area contributed by atoms with Crippen molar-refractivity contribution in [3.05, 3.63) is 53.6 Å². The van der Waals surface area contributed by atoms with Crippen LogP contribution in [0.1, 0.15) is 11.1 Å². The van der Waals surface area contributed by atoms with Crippen molar-refractivity contribution in [1.82, 2.24) is 5.32 Å². The van der Waals surface area contributed by atoms with Gasteiger partial charge < -0.3 is 15.0 Å². The van der Waals surface area contributed by atoms with E-state index < -0.39 is 6.10 Å². The van der Waals surface area contributed by atoms with E-state index >= 15 is 0 Å². The number of carbonyl (C=O) groups excluding carboxylic acids is 2. The zero-order valence-electron chi connectivity index (χ0n) is 15.1. The van der Waals surface area contributed by atoms with E-state index in [1.54, 1.807) is 18.0 Å². The van der Waals surface area contributed by atoms with E-state index in [9.17, 15) is 9.59 Å². The molecular formula is C20H22N2O3S. The van der Waals surface area contributed by atoms with E-state index in [1.165, 1.54) is 17.3 Å². The van der Waals surface area contributed by atoms with Crippen LogP contribution in [-0.2, 0) is 9.59 Å². The molecule has 0 unspecified atom stereocenters. The van der Waals surface area contributed by atoms with E-state index in [2.05, 4.69) is 18.3 Å². The molecular weight excluding hydrogens is 348 g/mol. The Balaban J connectivity index is 1.77. The van der Waals surface area contributed by atoms with E-state index in [0.29, 0.717) is 17.2 Å². The van der Waals surface area contributed by atoms with Crippen molar-refractivity contribution in [2.24, 2.45) is 0 Å². The minimum Gasteiger partial charge on any atom is -0.477 e. The molecule has 1 heterocycles. The Hall–Kier alpha value is -2.47. The van der Waals surface area contributed by atoms with Gasteiger partial charge in [0.15, 0.2) is 6.10 Å². The predicted molar refractivity (Wildman–Crippen MR) is 104 cm³/mol. The number of carbonyl (C=O) groups is 2. The number of aryl methyl sites for hydroxylation is 2. The van der Waals surface area contributed by atoms with Gasteiger partial charge >= 0.3 is 0 Å². The second kappa shape index (κ2) is 7.83. The summed E-state index contributed by atoms with van der Waals surface area (Å²) in [6.07, 6.45) is -0.704. The first-order valence-electron chi connectivity index (χ1n) is 8.47. The molecule has 136 valence electrons. The van der Waals surface area contributed by atoms with Crippen LogP contribution in [0.3, 0.4) is 0 Å². The molecule has 3 rings (SSSR count). The largest absolute Gasteiger partial charge is 0.477 e. The van der Waals surface area contributed by atoms with Crippen molar-refractivity contribution in [1.29, 1.82) is 0 Å². The number of nitrogens with zero attached hydrogens (tertiary/aromatic N) is 1. The summed E-state index contributed by atoms with van der Waals surface area (Å²) >= 11 is 1.51. The number of fused-ring (bicyclic) bond motifs is 1. The monoisotopic (exact) mass is 370 g/mol. The number of nitrogens with one attached hydrogen (secondary N) is 1. The van der Waals surface area contributed by atoms with Gasteiger partial charge in [-0.15, -0.1) is 11.8 Å². The SMILES string of the molecule is CNC(=O)[C@H]1CN(C(=O)CSc2ccc(C)cc2C)c2ccccc2O1. The fourth-order valence-electron chi connectivity index (χ4n) is 2.95. The molecule has 1 N–H and O–H groups in total. The van der Waals surface area contributed by atoms with Gasteiger partial charge in [0.05, 0.1) is 18.0 Å². The second-order valence-electron chi connectivity index (χ2n) is 6.25. The maximum atomic E-state index is 12.9. The number of hydrogen-bond acceptors (Lipinski definition) is 4. The van der Waals surface area contributed by atoms with Gasteiger partial charge in [0.25, 0.3) is 5.91 Å². The van der Waals surface area contributed by atoms with E-state index in [-0.39, 0.29) is 18.4 Å². The molecule has 2 aromatic carbocycles. The van der Waals surface area contributed by atoms with Gasteiger partial charge in [-0.05, 0) is 37.6 Å². The highest BCUT2D eigenvalue weighted by atomic mass is 32.2. The standard InChI is InChI=1S/C20H22N2O3S/c1-13-8-9-18(14(2)10-13)26-12-19(23)22-11-17(20(24)21-3)25-16-7-5-4-6-15(16)22/h4-10,17H,11-12H2,1-3H3,(H,21,24)/t17-/m1/s1. The highest BCUT2D eigenvalue weighted by molar-refractivity contribution is 8.00. The van der Waals surface area contributed by atoms with Crippen molar-refractivity contribution >= 4 is 29.3 Å². The molecule has 6 heteroatoms. The van der Waals surface area contributed by atoms with Crippen LogP contribution in [-0.4, -0.2) is 37.3 Å². The summed E-state index contributed by atoms with van der Waals surface area (Å²) < 4.78 is 5.75. The zero-order chi connectivity index (χ0) is 18.7. The number of likely N-dealkylation sites (N-methyl/N-ethyl adjacent to an activating group) is 1. The number of ether oxygens (including phenoxy) is 1. The third kappa shape index (κ3) is 3.85. The third-order valence-corrected chi connectivity index (χ3v) is 5.46. The Labute approximate surface area is 157 Å². The molecule has 1 aliphatic rings. The number of amides is 2. The summed E-state index contributed by atoms with van der Waals surface area (Å²) in [5.41, 5.74) is 3.07. The molecule has 2 amide bonds. The van der Waals surface area contributed by atoms with E-state index in [1.807, 2.05) is 37.3 Å².